The number of alkyl halides is 2. The third kappa shape index (κ3) is 2.30. The summed E-state index contributed by atoms with van der Waals surface area (Å²) in [5.41, 5.74) is 3.36. The minimum Gasteiger partial charge on any atom is -0.384 e. The first-order valence-electron chi connectivity index (χ1n) is 6.41. The van der Waals surface area contributed by atoms with Gasteiger partial charge in [0, 0.05) is 16.1 Å². The quantitative estimate of drug-likeness (QED) is 0.753. The molecule has 2 amide bonds. The molecule has 0 atom stereocenters. The maximum Gasteiger partial charge on any atom is 0.263 e. The van der Waals surface area contributed by atoms with Gasteiger partial charge in [-0.2, -0.15) is 0 Å². The van der Waals surface area contributed by atoms with Crippen LogP contribution in [0.5, 0.6) is 0 Å². The zero-order chi connectivity index (χ0) is 17.8. The van der Waals surface area contributed by atoms with Gasteiger partial charge < -0.3 is 5.73 Å². The number of benzene rings is 1. The summed E-state index contributed by atoms with van der Waals surface area (Å²) in [6.45, 7) is 0. The van der Waals surface area contributed by atoms with Crippen LogP contribution >= 0.6 is 15.9 Å². The highest BCUT2D eigenvalue weighted by Crippen LogP contribution is 2.32. The van der Waals surface area contributed by atoms with Gasteiger partial charge in [0.05, 0.1) is 11.1 Å². The number of fused-ring (bicyclic) bond motifs is 1. The highest BCUT2D eigenvalue weighted by atomic mass is 79.9. The van der Waals surface area contributed by atoms with Gasteiger partial charge in [0.25, 0.3) is 23.8 Å². The molecular formula is C14H7BrF3N3O3. The topological polar surface area (TPSA) is 94.2 Å². The molecule has 2 heterocycles. The standard InChI is InChI=1S/C14H7BrF3N3O3/c15-6-1-4(11(17)18)2-7(16)10(6)21-8(22)3-5-9(12(21)19)14(24)20-13(5)23/h1-3,11H,19H2,(H,20,23,24). The first-order chi connectivity index (χ1) is 11.2. The Hall–Kier alpha value is -2.62. The Labute approximate surface area is 140 Å². The van der Waals surface area contributed by atoms with Gasteiger partial charge in [0.1, 0.15) is 17.3 Å². The summed E-state index contributed by atoms with van der Waals surface area (Å²) in [7, 11) is 0. The monoisotopic (exact) mass is 401 g/mol. The largest absolute Gasteiger partial charge is 0.384 e. The molecule has 124 valence electrons. The van der Waals surface area contributed by atoms with E-state index in [1.807, 2.05) is 5.32 Å². The predicted molar refractivity (Wildman–Crippen MR) is 80.9 cm³/mol. The van der Waals surface area contributed by atoms with E-state index in [0.29, 0.717) is 10.6 Å². The molecule has 24 heavy (non-hydrogen) atoms. The summed E-state index contributed by atoms with van der Waals surface area (Å²) in [5, 5.41) is 1.97. The lowest BCUT2D eigenvalue weighted by Crippen LogP contribution is -2.25. The molecule has 1 aliphatic rings. The number of carbonyl (C=O) groups excluding carboxylic acids is 2. The lowest BCUT2D eigenvalue weighted by Gasteiger charge is -2.15. The Bertz CT molecular complexity index is 949. The molecule has 0 aliphatic carbocycles. The second-order valence-corrected chi connectivity index (χ2v) is 5.76. The zero-order valence-electron chi connectivity index (χ0n) is 11.6. The van der Waals surface area contributed by atoms with Crippen LogP contribution in [0.25, 0.3) is 5.69 Å². The van der Waals surface area contributed by atoms with Gasteiger partial charge in [-0.15, -0.1) is 0 Å². The maximum absolute atomic E-state index is 14.3. The number of imide groups is 1. The zero-order valence-corrected chi connectivity index (χ0v) is 13.2. The molecule has 2 aromatic rings. The van der Waals surface area contributed by atoms with Crippen LogP contribution in [0, 0.1) is 5.82 Å². The molecule has 6 nitrogen and oxygen atoms in total. The van der Waals surface area contributed by atoms with Gasteiger partial charge in [-0.05, 0) is 28.1 Å². The third-order valence-corrected chi connectivity index (χ3v) is 4.07. The van der Waals surface area contributed by atoms with E-state index in [1.165, 1.54) is 0 Å². The molecule has 1 aromatic heterocycles. The molecule has 3 N–H and O–H groups in total. The van der Waals surface area contributed by atoms with Crippen molar-refractivity contribution < 1.29 is 22.8 Å². The first-order valence-corrected chi connectivity index (χ1v) is 7.20. The lowest BCUT2D eigenvalue weighted by atomic mass is 10.1. The fourth-order valence-corrected chi connectivity index (χ4v) is 3.07. The Morgan fingerprint density at radius 2 is 1.79 bits per heavy atom. The van der Waals surface area contributed by atoms with Crippen molar-refractivity contribution in [2.75, 3.05) is 5.73 Å². The highest BCUT2D eigenvalue weighted by Gasteiger charge is 2.32. The van der Waals surface area contributed by atoms with Crippen molar-refractivity contribution in [3.63, 3.8) is 0 Å². The highest BCUT2D eigenvalue weighted by molar-refractivity contribution is 9.10. The van der Waals surface area contributed by atoms with E-state index in [1.54, 1.807) is 0 Å². The average Bonchev–Trinajstić information content (AvgIpc) is 2.75. The fraction of sp³-hybridized carbons (Fsp3) is 0.0714. The Morgan fingerprint density at radius 3 is 2.38 bits per heavy atom. The summed E-state index contributed by atoms with van der Waals surface area (Å²) in [6, 6.07) is 2.33. The Morgan fingerprint density at radius 1 is 1.12 bits per heavy atom. The van der Waals surface area contributed by atoms with E-state index < -0.39 is 46.7 Å². The van der Waals surface area contributed by atoms with Gasteiger partial charge in [-0.25, -0.2) is 13.2 Å². The number of carbonyl (C=O) groups is 2. The van der Waals surface area contributed by atoms with Crippen molar-refractivity contribution in [2.45, 2.75) is 6.43 Å². The van der Waals surface area contributed by atoms with Gasteiger partial charge in [-0.1, -0.05) is 0 Å². The number of hydrogen-bond acceptors (Lipinski definition) is 4. The number of rotatable bonds is 2. The number of nitrogens with zero attached hydrogens (tertiary/aromatic N) is 1. The number of nitrogen functional groups attached to an aromatic ring is 1. The van der Waals surface area contributed by atoms with Crippen molar-refractivity contribution in [1.29, 1.82) is 0 Å². The number of aromatic nitrogens is 1. The summed E-state index contributed by atoms with van der Waals surface area (Å²) in [4.78, 5) is 35.6. The van der Waals surface area contributed by atoms with Crippen LogP contribution in [-0.2, 0) is 0 Å². The van der Waals surface area contributed by atoms with Crippen molar-refractivity contribution in [3.8, 4) is 5.69 Å². The summed E-state index contributed by atoms with van der Waals surface area (Å²) in [6.07, 6.45) is -2.91. The van der Waals surface area contributed by atoms with Crippen molar-refractivity contribution in [1.82, 2.24) is 9.88 Å². The SMILES string of the molecule is Nc1c2c(cc(=O)n1-c1c(F)cc(C(F)F)cc1Br)C(=O)NC2=O. The molecule has 0 fully saturated rings. The number of halogens is 4. The molecular weight excluding hydrogens is 395 g/mol. The normalized spacial score (nSPS) is 13.4. The predicted octanol–water partition coefficient (Wildman–Crippen LogP) is 2.14. The molecule has 0 unspecified atom stereocenters. The number of hydrogen-bond donors (Lipinski definition) is 2. The molecule has 0 bridgehead atoms. The van der Waals surface area contributed by atoms with Crippen LogP contribution in [0.4, 0.5) is 19.0 Å². The molecule has 3 rings (SSSR count). The molecule has 0 saturated carbocycles. The van der Waals surface area contributed by atoms with Crippen molar-refractivity contribution in [3.05, 3.63) is 55.5 Å². The number of nitrogens with one attached hydrogen (secondary N) is 1. The number of nitrogens with two attached hydrogens (primary N) is 1. The van der Waals surface area contributed by atoms with Crippen LogP contribution in [0.15, 0.2) is 27.5 Å². The number of pyridine rings is 1. The Kier molecular flexibility index (Phi) is 3.71. The molecule has 0 spiro atoms. The number of anilines is 1. The molecule has 10 heteroatoms. The first kappa shape index (κ1) is 16.2. The van der Waals surface area contributed by atoms with Crippen LogP contribution in [0.2, 0.25) is 0 Å². The van der Waals surface area contributed by atoms with Crippen LogP contribution < -0.4 is 16.6 Å². The average molecular weight is 402 g/mol. The fourth-order valence-electron chi connectivity index (χ4n) is 2.43. The van der Waals surface area contributed by atoms with Gasteiger partial charge in [0.2, 0.25) is 0 Å². The van der Waals surface area contributed by atoms with Gasteiger partial charge in [0.15, 0.2) is 0 Å². The van der Waals surface area contributed by atoms with Crippen LogP contribution in [0.1, 0.15) is 32.7 Å². The minimum absolute atomic E-state index is 0.156. The summed E-state index contributed by atoms with van der Waals surface area (Å²) >= 11 is 2.92. The molecule has 0 radical (unpaired) electrons. The van der Waals surface area contributed by atoms with Crippen LogP contribution in [-0.4, -0.2) is 16.4 Å². The van der Waals surface area contributed by atoms with Gasteiger partial charge >= 0.3 is 0 Å². The molecule has 0 saturated heterocycles. The van der Waals surface area contributed by atoms with E-state index in [2.05, 4.69) is 15.9 Å². The van der Waals surface area contributed by atoms with E-state index >= 15 is 0 Å². The molecule has 1 aliphatic heterocycles. The second kappa shape index (κ2) is 5.48. The molecule has 1 aromatic carbocycles. The summed E-state index contributed by atoms with van der Waals surface area (Å²) in [5.74, 6) is -3.23. The van der Waals surface area contributed by atoms with Gasteiger partial charge in [-0.3, -0.25) is 24.3 Å². The van der Waals surface area contributed by atoms with Crippen molar-refractivity contribution >= 4 is 33.6 Å². The second-order valence-electron chi connectivity index (χ2n) is 4.91. The smallest absolute Gasteiger partial charge is 0.263 e. The van der Waals surface area contributed by atoms with E-state index in [9.17, 15) is 27.6 Å². The third-order valence-electron chi connectivity index (χ3n) is 3.47. The maximum atomic E-state index is 14.3. The Balaban J connectivity index is 2.34. The van der Waals surface area contributed by atoms with E-state index in [0.717, 1.165) is 12.1 Å². The van der Waals surface area contributed by atoms with Crippen molar-refractivity contribution in [2.24, 2.45) is 0 Å². The lowest BCUT2D eigenvalue weighted by molar-refractivity contribution is 0.0880. The van der Waals surface area contributed by atoms with E-state index in [-0.39, 0.29) is 15.6 Å². The number of amides is 2. The minimum atomic E-state index is -2.91. The summed E-state index contributed by atoms with van der Waals surface area (Å²) < 4.78 is 40.2. The van der Waals surface area contributed by atoms with E-state index in [4.69, 9.17) is 5.73 Å². The van der Waals surface area contributed by atoms with Crippen LogP contribution in [0.3, 0.4) is 0 Å².